The molecule has 0 radical (unpaired) electrons. The van der Waals surface area contributed by atoms with Crippen LogP contribution in [0.25, 0.3) is 0 Å². The summed E-state index contributed by atoms with van der Waals surface area (Å²) in [5.74, 6) is 6.70. The molecule has 2 aromatic rings. The second kappa shape index (κ2) is 6.11. The van der Waals surface area contributed by atoms with Crippen LogP contribution in [0.4, 0.5) is 4.39 Å². The smallest absolute Gasteiger partial charge is 0.161 e. The Kier molecular flexibility index (Phi) is 4.03. The Labute approximate surface area is 122 Å². The van der Waals surface area contributed by atoms with Crippen LogP contribution in [0.1, 0.15) is 23.6 Å². The normalized spacial score (nSPS) is 15.3. The van der Waals surface area contributed by atoms with Crippen LogP contribution in [0, 0.1) is 5.82 Å². The fourth-order valence-electron chi connectivity index (χ4n) is 2.43. The zero-order valence-corrected chi connectivity index (χ0v) is 11.5. The molecule has 4 nitrogen and oxygen atoms in total. The molecule has 0 fully saturated rings. The Morgan fingerprint density at radius 1 is 1.05 bits per heavy atom. The molecule has 0 saturated heterocycles. The van der Waals surface area contributed by atoms with Crippen molar-refractivity contribution in [1.82, 2.24) is 5.43 Å². The Morgan fingerprint density at radius 2 is 1.81 bits per heavy atom. The first-order chi connectivity index (χ1) is 10.3. The van der Waals surface area contributed by atoms with Gasteiger partial charge in [-0.1, -0.05) is 24.3 Å². The van der Waals surface area contributed by atoms with Gasteiger partial charge in [0.1, 0.15) is 5.82 Å². The van der Waals surface area contributed by atoms with Crippen molar-refractivity contribution in [1.29, 1.82) is 0 Å². The number of fused-ring (bicyclic) bond motifs is 1. The predicted octanol–water partition coefficient (Wildman–Crippen LogP) is 2.54. The lowest BCUT2D eigenvalue weighted by atomic mass is 9.98. The molecule has 1 unspecified atom stereocenters. The minimum Gasteiger partial charge on any atom is -0.490 e. The van der Waals surface area contributed by atoms with E-state index in [2.05, 4.69) is 5.43 Å². The summed E-state index contributed by atoms with van der Waals surface area (Å²) in [6.07, 6.45) is 0.843. The summed E-state index contributed by atoms with van der Waals surface area (Å²) < 4.78 is 25.2. The molecule has 3 rings (SSSR count). The Bertz CT molecular complexity index is 633. The van der Waals surface area contributed by atoms with Gasteiger partial charge in [-0.2, -0.15) is 0 Å². The van der Waals surface area contributed by atoms with Gasteiger partial charge in [0.2, 0.25) is 0 Å². The first kappa shape index (κ1) is 13.9. The van der Waals surface area contributed by atoms with Crippen LogP contribution in [0.5, 0.6) is 11.5 Å². The van der Waals surface area contributed by atoms with Gasteiger partial charge in [-0.15, -0.1) is 0 Å². The van der Waals surface area contributed by atoms with Gasteiger partial charge >= 0.3 is 0 Å². The van der Waals surface area contributed by atoms with E-state index in [0.717, 1.165) is 12.0 Å². The molecule has 0 saturated carbocycles. The SMILES string of the molecule is NNC(c1ccc2c(c1)OCCCO2)c1ccccc1F. The van der Waals surface area contributed by atoms with Crippen LogP contribution >= 0.6 is 0 Å². The lowest BCUT2D eigenvalue weighted by Crippen LogP contribution is -2.29. The van der Waals surface area contributed by atoms with Crippen molar-refractivity contribution < 1.29 is 13.9 Å². The number of benzene rings is 2. The quantitative estimate of drug-likeness (QED) is 0.673. The molecule has 1 aliphatic rings. The Morgan fingerprint density at radius 3 is 2.57 bits per heavy atom. The van der Waals surface area contributed by atoms with E-state index in [9.17, 15) is 4.39 Å². The van der Waals surface area contributed by atoms with Gasteiger partial charge in [-0.3, -0.25) is 5.84 Å². The molecule has 0 aliphatic carbocycles. The molecule has 2 aromatic carbocycles. The monoisotopic (exact) mass is 288 g/mol. The minimum absolute atomic E-state index is 0.299. The van der Waals surface area contributed by atoms with Crippen LogP contribution in [0.2, 0.25) is 0 Å². The number of hydrogen-bond donors (Lipinski definition) is 2. The number of nitrogens with two attached hydrogens (primary N) is 1. The van der Waals surface area contributed by atoms with Crippen molar-refractivity contribution in [3.63, 3.8) is 0 Å². The third-order valence-electron chi connectivity index (χ3n) is 3.49. The topological polar surface area (TPSA) is 56.5 Å². The number of halogens is 1. The molecular weight excluding hydrogens is 271 g/mol. The van der Waals surface area contributed by atoms with E-state index in [-0.39, 0.29) is 5.82 Å². The van der Waals surface area contributed by atoms with Gasteiger partial charge < -0.3 is 9.47 Å². The number of nitrogens with one attached hydrogen (secondary N) is 1. The molecule has 0 spiro atoms. The molecule has 5 heteroatoms. The molecule has 110 valence electrons. The molecule has 3 N–H and O–H groups in total. The first-order valence-electron chi connectivity index (χ1n) is 6.89. The minimum atomic E-state index is -0.441. The molecule has 1 heterocycles. The summed E-state index contributed by atoms with van der Waals surface area (Å²) in [6.45, 7) is 1.25. The molecule has 21 heavy (non-hydrogen) atoms. The molecular formula is C16H17FN2O2. The highest BCUT2D eigenvalue weighted by atomic mass is 19.1. The average Bonchev–Trinajstić information content (AvgIpc) is 2.75. The van der Waals surface area contributed by atoms with Gasteiger partial charge in [0, 0.05) is 12.0 Å². The highest BCUT2D eigenvalue weighted by molar-refractivity contribution is 5.46. The van der Waals surface area contributed by atoms with E-state index in [1.807, 2.05) is 18.2 Å². The zero-order valence-electron chi connectivity index (χ0n) is 11.5. The van der Waals surface area contributed by atoms with E-state index in [1.54, 1.807) is 18.2 Å². The highest BCUT2D eigenvalue weighted by Gasteiger charge is 2.19. The summed E-state index contributed by atoms with van der Waals surface area (Å²) >= 11 is 0. The summed E-state index contributed by atoms with van der Waals surface area (Å²) in [5.41, 5.74) is 3.98. The van der Waals surface area contributed by atoms with E-state index >= 15 is 0 Å². The maximum Gasteiger partial charge on any atom is 0.161 e. The maximum atomic E-state index is 14.0. The third kappa shape index (κ3) is 2.84. The average molecular weight is 288 g/mol. The molecule has 0 bridgehead atoms. The van der Waals surface area contributed by atoms with Crippen LogP contribution in [-0.2, 0) is 0 Å². The van der Waals surface area contributed by atoms with E-state index in [1.165, 1.54) is 6.07 Å². The van der Waals surface area contributed by atoms with Crippen LogP contribution in [-0.4, -0.2) is 13.2 Å². The fraction of sp³-hybridized carbons (Fsp3) is 0.250. The number of ether oxygens (including phenoxy) is 2. The number of hydrogen-bond acceptors (Lipinski definition) is 4. The van der Waals surface area contributed by atoms with Crippen molar-refractivity contribution in [3.8, 4) is 11.5 Å². The van der Waals surface area contributed by atoms with E-state index < -0.39 is 6.04 Å². The number of rotatable bonds is 3. The molecule has 1 aliphatic heterocycles. The van der Waals surface area contributed by atoms with Gasteiger partial charge in [-0.25, -0.2) is 9.82 Å². The number of hydrazine groups is 1. The van der Waals surface area contributed by atoms with Gasteiger partial charge in [0.25, 0.3) is 0 Å². The Hall–Kier alpha value is -2.11. The van der Waals surface area contributed by atoms with Crippen LogP contribution in [0.3, 0.4) is 0 Å². The maximum absolute atomic E-state index is 14.0. The summed E-state index contributed by atoms with van der Waals surface area (Å²) in [4.78, 5) is 0. The second-order valence-electron chi connectivity index (χ2n) is 4.88. The molecule has 0 amide bonds. The standard InChI is InChI=1S/C16H17FN2O2/c17-13-5-2-1-4-12(13)16(19-18)11-6-7-14-15(10-11)21-9-3-8-20-14/h1-2,4-7,10,16,19H,3,8-9,18H2. The lowest BCUT2D eigenvalue weighted by Gasteiger charge is -2.19. The van der Waals surface area contributed by atoms with Gasteiger partial charge in [0.05, 0.1) is 19.3 Å². The largest absolute Gasteiger partial charge is 0.490 e. The van der Waals surface area contributed by atoms with E-state index in [4.69, 9.17) is 15.3 Å². The van der Waals surface area contributed by atoms with Crippen molar-refractivity contribution in [2.45, 2.75) is 12.5 Å². The Balaban J connectivity index is 1.98. The second-order valence-corrected chi connectivity index (χ2v) is 4.88. The molecule has 0 aromatic heterocycles. The summed E-state index contributed by atoms with van der Waals surface area (Å²) in [5, 5.41) is 0. The summed E-state index contributed by atoms with van der Waals surface area (Å²) in [6, 6.07) is 11.7. The first-order valence-corrected chi connectivity index (χ1v) is 6.89. The van der Waals surface area contributed by atoms with Crippen LogP contribution in [0.15, 0.2) is 42.5 Å². The third-order valence-corrected chi connectivity index (χ3v) is 3.49. The fourth-order valence-corrected chi connectivity index (χ4v) is 2.43. The lowest BCUT2D eigenvalue weighted by molar-refractivity contribution is 0.297. The predicted molar refractivity (Wildman–Crippen MR) is 77.6 cm³/mol. The molecule has 1 atom stereocenters. The van der Waals surface area contributed by atoms with Crippen molar-refractivity contribution in [3.05, 3.63) is 59.4 Å². The zero-order chi connectivity index (χ0) is 14.7. The van der Waals surface area contributed by atoms with Crippen molar-refractivity contribution in [2.75, 3.05) is 13.2 Å². The van der Waals surface area contributed by atoms with Gasteiger partial charge in [-0.05, 0) is 23.8 Å². The van der Waals surface area contributed by atoms with Crippen molar-refractivity contribution in [2.24, 2.45) is 5.84 Å². The van der Waals surface area contributed by atoms with Gasteiger partial charge in [0.15, 0.2) is 11.5 Å². The van der Waals surface area contributed by atoms with Crippen LogP contribution < -0.4 is 20.7 Å². The highest BCUT2D eigenvalue weighted by Crippen LogP contribution is 2.34. The van der Waals surface area contributed by atoms with Crippen molar-refractivity contribution >= 4 is 0 Å². The summed E-state index contributed by atoms with van der Waals surface area (Å²) in [7, 11) is 0. The van der Waals surface area contributed by atoms with E-state index in [0.29, 0.717) is 30.3 Å².